The molecule has 1 aromatic carbocycles. The number of nitrogens with zero attached hydrogens (tertiary/aromatic N) is 1. The smallest absolute Gasteiger partial charge is 0.118 e. The van der Waals surface area contributed by atoms with Crippen LogP contribution in [0.4, 0.5) is 0 Å². The standard InChI is InChI=1S/C17H22N2OS/c1-12-15-8-10-21-17(15)7-9-19(12)16(11-18)13-3-5-14(20-2)6-4-13/h3-6,8,10,12,16H,7,9,11,18H2,1-2H3. The molecule has 1 aliphatic rings. The summed E-state index contributed by atoms with van der Waals surface area (Å²) in [7, 11) is 1.69. The lowest BCUT2D eigenvalue weighted by molar-refractivity contribution is 0.138. The van der Waals surface area contributed by atoms with Gasteiger partial charge < -0.3 is 10.5 Å². The molecule has 0 fully saturated rings. The molecular weight excluding hydrogens is 280 g/mol. The predicted molar refractivity (Wildman–Crippen MR) is 87.9 cm³/mol. The van der Waals surface area contributed by atoms with E-state index in [4.69, 9.17) is 10.5 Å². The molecule has 3 rings (SSSR count). The molecule has 0 saturated carbocycles. The summed E-state index contributed by atoms with van der Waals surface area (Å²) >= 11 is 1.88. The molecule has 21 heavy (non-hydrogen) atoms. The Balaban J connectivity index is 1.86. The van der Waals surface area contributed by atoms with Crippen molar-refractivity contribution in [1.82, 2.24) is 4.90 Å². The Morgan fingerprint density at radius 1 is 1.33 bits per heavy atom. The molecule has 0 radical (unpaired) electrons. The summed E-state index contributed by atoms with van der Waals surface area (Å²) in [6.45, 7) is 4.00. The maximum atomic E-state index is 6.09. The maximum Gasteiger partial charge on any atom is 0.118 e. The molecule has 0 saturated heterocycles. The first-order valence-electron chi connectivity index (χ1n) is 7.40. The number of nitrogens with two attached hydrogens (primary N) is 1. The highest BCUT2D eigenvalue weighted by molar-refractivity contribution is 7.10. The minimum atomic E-state index is 0.263. The molecule has 0 spiro atoms. The topological polar surface area (TPSA) is 38.5 Å². The number of thiophene rings is 1. The molecule has 2 atom stereocenters. The number of benzene rings is 1. The molecule has 2 unspecified atom stereocenters. The van der Waals surface area contributed by atoms with Crippen LogP contribution in [0.25, 0.3) is 0 Å². The summed E-state index contributed by atoms with van der Waals surface area (Å²) < 4.78 is 5.24. The number of hydrogen-bond donors (Lipinski definition) is 1. The fourth-order valence-electron chi connectivity index (χ4n) is 3.24. The van der Waals surface area contributed by atoms with E-state index in [9.17, 15) is 0 Å². The Bertz CT molecular complexity index is 593. The molecular formula is C17H22N2OS. The van der Waals surface area contributed by atoms with Gasteiger partial charge in [0.15, 0.2) is 0 Å². The fourth-order valence-corrected chi connectivity index (χ4v) is 4.21. The van der Waals surface area contributed by atoms with Gasteiger partial charge in [-0.15, -0.1) is 11.3 Å². The van der Waals surface area contributed by atoms with Gasteiger partial charge in [-0.05, 0) is 48.1 Å². The summed E-state index contributed by atoms with van der Waals surface area (Å²) in [5.74, 6) is 0.890. The molecule has 0 bridgehead atoms. The van der Waals surface area contributed by atoms with Crippen molar-refractivity contribution in [3.63, 3.8) is 0 Å². The summed E-state index contributed by atoms with van der Waals surface area (Å²) in [6, 6.07) is 11.2. The first-order valence-corrected chi connectivity index (χ1v) is 8.28. The van der Waals surface area contributed by atoms with Gasteiger partial charge in [0.1, 0.15) is 5.75 Å². The monoisotopic (exact) mass is 302 g/mol. The SMILES string of the molecule is COc1ccc(C(CN)N2CCc3sccc3C2C)cc1. The van der Waals surface area contributed by atoms with Crippen LogP contribution in [0.5, 0.6) is 5.75 Å². The average Bonchev–Trinajstić information content (AvgIpc) is 3.00. The molecule has 4 heteroatoms. The number of rotatable bonds is 4. The number of ether oxygens (including phenoxy) is 1. The van der Waals surface area contributed by atoms with Crippen molar-refractivity contribution < 1.29 is 4.74 Å². The number of methoxy groups -OCH3 is 1. The summed E-state index contributed by atoms with van der Waals surface area (Å²) in [5.41, 5.74) is 8.83. The highest BCUT2D eigenvalue weighted by atomic mass is 32.1. The summed E-state index contributed by atoms with van der Waals surface area (Å²) in [6.07, 6.45) is 1.13. The van der Waals surface area contributed by atoms with Crippen LogP contribution in [-0.2, 0) is 6.42 Å². The molecule has 1 aromatic heterocycles. The Morgan fingerprint density at radius 3 is 2.76 bits per heavy atom. The highest BCUT2D eigenvalue weighted by Gasteiger charge is 2.30. The van der Waals surface area contributed by atoms with E-state index < -0.39 is 0 Å². The van der Waals surface area contributed by atoms with Gasteiger partial charge in [-0.2, -0.15) is 0 Å². The third kappa shape index (κ3) is 2.71. The van der Waals surface area contributed by atoms with E-state index in [1.807, 2.05) is 23.5 Å². The van der Waals surface area contributed by atoms with Crippen LogP contribution in [0.2, 0.25) is 0 Å². The zero-order valence-corrected chi connectivity index (χ0v) is 13.4. The van der Waals surface area contributed by atoms with Crippen LogP contribution in [0.15, 0.2) is 35.7 Å². The molecule has 2 N–H and O–H groups in total. The van der Waals surface area contributed by atoms with Crippen LogP contribution < -0.4 is 10.5 Å². The van der Waals surface area contributed by atoms with E-state index in [0.717, 1.165) is 18.7 Å². The van der Waals surface area contributed by atoms with Gasteiger partial charge in [0.2, 0.25) is 0 Å². The van der Waals surface area contributed by atoms with Crippen molar-refractivity contribution in [3.05, 3.63) is 51.7 Å². The largest absolute Gasteiger partial charge is 0.497 e. The van der Waals surface area contributed by atoms with Gasteiger partial charge >= 0.3 is 0 Å². The summed E-state index contributed by atoms with van der Waals surface area (Å²) in [5, 5.41) is 2.20. The summed E-state index contributed by atoms with van der Waals surface area (Å²) in [4.78, 5) is 4.06. The molecule has 0 aliphatic carbocycles. The molecule has 1 aliphatic heterocycles. The maximum absolute atomic E-state index is 6.09. The Morgan fingerprint density at radius 2 is 2.10 bits per heavy atom. The Kier molecular flexibility index (Phi) is 4.29. The quantitative estimate of drug-likeness (QED) is 0.941. The second-order valence-electron chi connectivity index (χ2n) is 5.49. The zero-order chi connectivity index (χ0) is 14.8. The van der Waals surface area contributed by atoms with Gasteiger partial charge in [0, 0.05) is 30.1 Å². The van der Waals surface area contributed by atoms with Gasteiger partial charge in [0.25, 0.3) is 0 Å². The van der Waals surface area contributed by atoms with Crippen molar-refractivity contribution in [2.45, 2.75) is 25.4 Å². The normalized spacial score (nSPS) is 20.0. The van der Waals surface area contributed by atoms with Crippen LogP contribution >= 0.6 is 11.3 Å². The molecule has 112 valence electrons. The third-order valence-electron chi connectivity index (χ3n) is 4.45. The molecule has 3 nitrogen and oxygen atoms in total. The van der Waals surface area contributed by atoms with Gasteiger partial charge in [-0.1, -0.05) is 12.1 Å². The lowest BCUT2D eigenvalue weighted by Crippen LogP contribution is -2.39. The second-order valence-corrected chi connectivity index (χ2v) is 6.49. The van der Waals surface area contributed by atoms with E-state index in [1.165, 1.54) is 16.0 Å². The van der Waals surface area contributed by atoms with Crippen molar-refractivity contribution in [2.24, 2.45) is 5.73 Å². The minimum Gasteiger partial charge on any atom is -0.497 e. The van der Waals surface area contributed by atoms with E-state index in [0.29, 0.717) is 12.6 Å². The van der Waals surface area contributed by atoms with Crippen molar-refractivity contribution >= 4 is 11.3 Å². The van der Waals surface area contributed by atoms with E-state index in [-0.39, 0.29) is 6.04 Å². The lowest BCUT2D eigenvalue weighted by atomic mass is 9.96. The average molecular weight is 302 g/mol. The lowest BCUT2D eigenvalue weighted by Gasteiger charge is -2.39. The fraction of sp³-hybridized carbons (Fsp3) is 0.412. The molecule has 2 heterocycles. The van der Waals surface area contributed by atoms with Gasteiger partial charge in [-0.25, -0.2) is 0 Å². The van der Waals surface area contributed by atoms with Crippen molar-refractivity contribution in [3.8, 4) is 5.75 Å². The minimum absolute atomic E-state index is 0.263. The van der Waals surface area contributed by atoms with E-state index in [2.05, 4.69) is 35.4 Å². The first kappa shape index (κ1) is 14.6. The van der Waals surface area contributed by atoms with Crippen LogP contribution in [0.1, 0.15) is 35.0 Å². The Labute approximate surface area is 130 Å². The number of hydrogen-bond acceptors (Lipinski definition) is 4. The van der Waals surface area contributed by atoms with Gasteiger partial charge in [-0.3, -0.25) is 4.90 Å². The van der Waals surface area contributed by atoms with Crippen molar-refractivity contribution in [1.29, 1.82) is 0 Å². The van der Waals surface area contributed by atoms with E-state index >= 15 is 0 Å². The first-order chi connectivity index (χ1) is 10.2. The van der Waals surface area contributed by atoms with Crippen LogP contribution in [-0.4, -0.2) is 25.1 Å². The van der Waals surface area contributed by atoms with Crippen LogP contribution in [0.3, 0.4) is 0 Å². The Hall–Kier alpha value is -1.36. The van der Waals surface area contributed by atoms with Crippen molar-refractivity contribution in [2.75, 3.05) is 20.2 Å². The zero-order valence-electron chi connectivity index (χ0n) is 12.6. The van der Waals surface area contributed by atoms with E-state index in [1.54, 1.807) is 7.11 Å². The third-order valence-corrected chi connectivity index (χ3v) is 5.45. The number of fused-ring (bicyclic) bond motifs is 1. The molecule has 2 aromatic rings. The van der Waals surface area contributed by atoms with Crippen LogP contribution in [0, 0.1) is 0 Å². The highest BCUT2D eigenvalue weighted by Crippen LogP contribution is 2.37. The van der Waals surface area contributed by atoms with Gasteiger partial charge in [0.05, 0.1) is 7.11 Å². The molecule has 0 amide bonds. The second kappa shape index (κ2) is 6.18. The predicted octanol–water partition coefficient (Wildman–Crippen LogP) is 3.38.